The molecular formula is C15H17N5O4. The Labute approximate surface area is 138 Å². The number of carbonyl (C=O) groups is 1. The molecule has 0 aliphatic carbocycles. The largest absolute Gasteiger partial charge is 0.493 e. The minimum atomic E-state index is -0.603. The number of nitrogens with one attached hydrogen (secondary N) is 1. The molecule has 0 saturated carbocycles. The van der Waals surface area contributed by atoms with E-state index in [1.807, 2.05) is 12.1 Å². The molecule has 0 unspecified atom stereocenters. The molecule has 0 radical (unpaired) electrons. The van der Waals surface area contributed by atoms with Crippen molar-refractivity contribution in [3.63, 3.8) is 0 Å². The number of para-hydroxylation sites is 1. The van der Waals surface area contributed by atoms with Crippen LogP contribution in [0.5, 0.6) is 11.5 Å². The summed E-state index contributed by atoms with van der Waals surface area (Å²) < 4.78 is 17.3. The zero-order valence-corrected chi connectivity index (χ0v) is 13.7. The maximum atomic E-state index is 12.4. The summed E-state index contributed by atoms with van der Waals surface area (Å²) in [5, 5.41) is 14.6. The van der Waals surface area contributed by atoms with Gasteiger partial charge in [-0.25, -0.2) is 4.79 Å². The van der Waals surface area contributed by atoms with E-state index in [1.54, 1.807) is 20.1 Å². The first-order valence-corrected chi connectivity index (χ1v) is 7.17. The quantitative estimate of drug-likeness (QED) is 0.833. The molecule has 1 aromatic carbocycles. The Morgan fingerprint density at radius 1 is 1.25 bits per heavy atom. The van der Waals surface area contributed by atoms with Crippen LogP contribution in [-0.4, -0.2) is 47.5 Å². The normalized spacial score (nSPS) is 16.2. The highest BCUT2D eigenvalue weighted by atomic mass is 16.5. The molecule has 1 aromatic heterocycles. The number of fused-ring (bicyclic) bond motifs is 1. The lowest BCUT2D eigenvalue weighted by Gasteiger charge is -2.28. The molecule has 1 atom stereocenters. The Morgan fingerprint density at radius 2 is 2.04 bits per heavy atom. The summed E-state index contributed by atoms with van der Waals surface area (Å²) in [6.07, 6.45) is 0. The molecular weight excluding hydrogens is 314 g/mol. The van der Waals surface area contributed by atoms with E-state index in [-0.39, 0.29) is 0 Å². The molecule has 2 aromatic rings. The van der Waals surface area contributed by atoms with Crippen molar-refractivity contribution in [2.24, 2.45) is 0 Å². The van der Waals surface area contributed by atoms with E-state index in [2.05, 4.69) is 20.8 Å². The van der Waals surface area contributed by atoms with Gasteiger partial charge in [-0.2, -0.15) is 4.68 Å². The third-order valence-corrected chi connectivity index (χ3v) is 3.85. The summed E-state index contributed by atoms with van der Waals surface area (Å²) in [6.45, 7) is 1.77. The first kappa shape index (κ1) is 15.8. The van der Waals surface area contributed by atoms with Crippen molar-refractivity contribution in [1.82, 2.24) is 20.2 Å². The molecule has 0 amide bonds. The van der Waals surface area contributed by atoms with Crippen LogP contribution in [0.15, 0.2) is 29.5 Å². The first-order chi connectivity index (χ1) is 11.6. The fraction of sp³-hybridized carbons (Fsp3) is 0.333. The number of rotatable bonds is 4. The minimum Gasteiger partial charge on any atom is -0.493 e. The topological polar surface area (TPSA) is 100 Å². The lowest BCUT2D eigenvalue weighted by atomic mass is 9.94. The van der Waals surface area contributed by atoms with E-state index < -0.39 is 12.0 Å². The number of allylic oxidation sites excluding steroid dienone is 1. The Kier molecular flexibility index (Phi) is 4.07. The number of hydrogen-bond acceptors (Lipinski definition) is 8. The smallest absolute Gasteiger partial charge is 0.338 e. The molecule has 1 aliphatic rings. The van der Waals surface area contributed by atoms with Gasteiger partial charge in [0.15, 0.2) is 11.5 Å². The van der Waals surface area contributed by atoms with Crippen molar-refractivity contribution >= 4 is 11.9 Å². The highest BCUT2D eigenvalue weighted by molar-refractivity contribution is 5.92. The van der Waals surface area contributed by atoms with E-state index >= 15 is 0 Å². The van der Waals surface area contributed by atoms with E-state index in [0.717, 1.165) is 0 Å². The zero-order valence-electron chi connectivity index (χ0n) is 13.7. The Morgan fingerprint density at radius 3 is 2.71 bits per heavy atom. The summed E-state index contributed by atoms with van der Waals surface area (Å²) in [5.41, 5.74) is 1.69. The van der Waals surface area contributed by atoms with Crippen LogP contribution in [0, 0.1) is 0 Å². The van der Waals surface area contributed by atoms with Crippen molar-refractivity contribution in [2.75, 3.05) is 26.6 Å². The summed E-state index contributed by atoms with van der Waals surface area (Å²) in [7, 11) is 4.42. The number of aromatic nitrogens is 4. The van der Waals surface area contributed by atoms with Crippen molar-refractivity contribution in [2.45, 2.75) is 13.0 Å². The van der Waals surface area contributed by atoms with Crippen LogP contribution >= 0.6 is 0 Å². The summed E-state index contributed by atoms with van der Waals surface area (Å²) in [4.78, 5) is 12.4. The van der Waals surface area contributed by atoms with E-state index in [4.69, 9.17) is 14.2 Å². The van der Waals surface area contributed by atoms with Crippen LogP contribution in [0.4, 0.5) is 5.95 Å². The number of benzene rings is 1. The van der Waals surface area contributed by atoms with Gasteiger partial charge >= 0.3 is 5.97 Å². The van der Waals surface area contributed by atoms with Gasteiger partial charge in [0.2, 0.25) is 5.95 Å². The molecule has 24 heavy (non-hydrogen) atoms. The molecule has 9 nitrogen and oxygen atoms in total. The second-order valence-electron chi connectivity index (χ2n) is 5.09. The van der Waals surface area contributed by atoms with Crippen LogP contribution in [0.1, 0.15) is 18.5 Å². The highest BCUT2D eigenvalue weighted by Gasteiger charge is 2.36. The van der Waals surface area contributed by atoms with E-state index in [1.165, 1.54) is 18.9 Å². The second kappa shape index (κ2) is 6.19. The van der Waals surface area contributed by atoms with Crippen LogP contribution in [0.3, 0.4) is 0 Å². The molecule has 1 aliphatic heterocycles. The molecule has 126 valence electrons. The molecule has 3 rings (SSSR count). The molecule has 0 bridgehead atoms. The summed E-state index contributed by atoms with van der Waals surface area (Å²) >= 11 is 0. The number of carbonyl (C=O) groups excluding carboxylic acids is 1. The van der Waals surface area contributed by atoms with Gasteiger partial charge in [-0.3, -0.25) is 0 Å². The fourth-order valence-corrected chi connectivity index (χ4v) is 2.80. The Hall–Kier alpha value is -3.10. The van der Waals surface area contributed by atoms with Crippen molar-refractivity contribution in [1.29, 1.82) is 0 Å². The van der Waals surface area contributed by atoms with Gasteiger partial charge in [-0.05, 0) is 23.4 Å². The molecule has 2 heterocycles. The SMILES string of the molecule is COC(=O)C1=C(C)Nc2nnnn2[C@@H]1c1cccc(OC)c1OC. The van der Waals surface area contributed by atoms with Gasteiger partial charge in [0.25, 0.3) is 0 Å². The van der Waals surface area contributed by atoms with Crippen LogP contribution in [-0.2, 0) is 9.53 Å². The summed E-state index contributed by atoms with van der Waals surface area (Å²) in [5.74, 6) is 0.999. The average molecular weight is 331 g/mol. The number of ether oxygens (including phenoxy) is 3. The van der Waals surface area contributed by atoms with Crippen LogP contribution in [0.2, 0.25) is 0 Å². The third kappa shape index (κ3) is 2.34. The van der Waals surface area contributed by atoms with Crippen molar-refractivity contribution < 1.29 is 19.0 Å². The number of anilines is 1. The minimum absolute atomic E-state index is 0.392. The van der Waals surface area contributed by atoms with E-state index in [0.29, 0.717) is 34.3 Å². The molecule has 1 N–H and O–H groups in total. The van der Waals surface area contributed by atoms with Gasteiger partial charge in [-0.1, -0.05) is 17.2 Å². The number of methoxy groups -OCH3 is 3. The number of esters is 1. The van der Waals surface area contributed by atoms with Gasteiger partial charge in [0, 0.05) is 11.3 Å². The summed E-state index contributed by atoms with van der Waals surface area (Å²) in [6, 6.07) is 4.82. The molecule has 0 spiro atoms. The maximum absolute atomic E-state index is 12.4. The maximum Gasteiger partial charge on any atom is 0.338 e. The number of tetrazole rings is 1. The van der Waals surface area contributed by atoms with Crippen LogP contribution < -0.4 is 14.8 Å². The van der Waals surface area contributed by atoms with Gasteiger partial charge < -0.3 is 19.5 Å². The number of nitrogens with zero attached hydrogens (tertiary/aromatic N) is 4. The average Bonchev–Trinajstić information content (AvgIpc) is 3.06. The predicted octanol–water partition coefficient (Wildman–Crippen LogP) is 1.15. The van der Waals surface area contributed by atoms with Gasteiger partial charge in [0.05, 0.1) is 26.9 Å². The predicted molar refractivity (Wildman–Crippen MR) is 83.8 cm³/mol. The number of hydrogen-bond donors (Lipinski definition) is 1. The molecule has 9 heteroatoms. The lowest BCUT2D eigenvalue weighted by molar-refractivity contribution is -0.136. The van der Waals surface area contributed by atoms with Crippen LogP contribution in [0.25, 0.3) is 0 Å². The van der Waals surface area contributed by atoms with Crippen molar-refractivity contribution in [3.05, 3.63) is 35.0 Å². The molecule has 0 saturated heterocycles. The fourth-order valence-electron chi connectivity index (χ4n) is 2.80. The van der Waals surface area contributed by atoms with Gasteiger partial charge in [0.1, 0.15) is 6.04 Å². The van der Waals surface area contributed by atoms with Gasteiger partial charge in [-0.15, -0.1) is 0 Å². The monoisotopic (exact) mass is 331 g/mol. The Balaban J connectivity index is 2.26. The zero-order chi connectivity index (χ0) is 17.3. The van der Waals surface area contributed by atoms with Crippen molar-refractivity contribution in [3.8, 4) is 11.5 Å². The Bertz CT molecular complexity index is 814. The molecule has 0 fully saturated rings. The standard InChI is InChI=1S/C15H17N5O4/c1-8-11(14(21)24-4)12(20-15(16-8)17-18-19-20)9-6-5-7-10(22-2)13(9)23-3/h5-7,12H,1-4H3,(H,16,17,19)/t12-/m1/s1. The first-order valence-electron chi connectivity index (χ1n) is 7.17. The second-order valence-corrected chi connectivity index (χ2v) is 5.09. The van der Waals surface area contributed by atoms with E-state index in [9.17, 15) is 4.79 Å². The third-order valence-electron chi connectivity index (χ3n) is 3.85. The lowest BCUT2D eigenvalue weighted by Crippen LogP contribution is -2.29. The highest BCUT2D eigenvalue weighted by Crippen LogP contribution is 2.42.